The number of carboxylic acid groups (broad SMARTS) is 1. The molecule has 10 nitrogen and oxygen atoms in total. The van der Waals surface area contributed by atoms with Gasteiger partial charge in [0.2, 0.25) is 5.62 Å². The summed E-state index contributed by atoms with van der Waals surface area (Å²) in [6, 6.07) is 12.1. The summed E-state index contributed by atoms with van der Waals surface area (Å²) in [5.41, 5.74) is 3.13. The van der Waals surface area contributed by atoms with Crippen molar-refractivity contribution in [1.29, 1.82) is 0 Å². The van der Waals surface area contributed by atoms with Crippen molar-refractivity contribution in [2.45, 2.75) is 46.3 Å². The van der Waals surface area contributed by atoms with E-state index in [1.807, 2.05) is 6.07 Å². The number of carbonyl (C=O) groups is 3. The number of hydrogen-bond donors (Lipinski definition) is 1. The van der Waals surface area contributed by atoms with Crippen LogP contribution < -0.4 is 15.1 Å². The Bertz CT molecular complexity index is 1940. The summed E-state index contributed by atoms with van der Waals surface area (Å²) in [5, 5.41) is 8.91. The van der Waals surface area contributed by atoms with Gasteiger partial charge in [-0.05, 0) is 92.8 Å². The first-order valence-electron chi connectivity index (χ1n) is 14.9. The van der Waals surface area contributed by atoms with Crippen molar-refractivity contribution in [3.63, 3.8) is 0 Å². The zero-order valence-corrected chi connectivity index (χ0v) is 26.7. The van der Waals surface area contributed by atoms with Crippen molar-refractivity contribution in [1.82, 2.24) is 9.13 Å². The molecule has 0 radical (unpaired) electrons. The summed E-state index contributed by atoms with van der Waals surface area (Å²) in [6.45, 7) is 6.57. The van der Waals surface area contributed by atoms with Crippen LogP contribution in [0.2, 0.25) is 0 Å². The highest BCUT2D eigenvalue weighted by Gasteiger charge is 2.32. The number of imidazole rings is 1. The number of aryl methyl sites for hydroxylation is 2. The van der Waals surface area contributed by atoms with Gasteiger partial charge in [-0.15, -0.1) is 4.99 Å². The average Bonchev–Trinajstić information content (AvgIpc) is 3.31. The normalized spacial score (nSPS) is 14.8. The molecule has 1 aromatic heterocycles. The summed E-state index contributed by atoms with van der Waals surface area (Å²) in [4.78, 5) is 41.7. The molecule has 0 aliphatic carbocycles. The van der Waals surface area contributed by atoms with Crippen molar-refractivity contribution in [3.05, 3.63) is 100 Å². The number of amides is 1. The molecule has 0 unspecified atom stereocenters. The van der Waals surface area contributed by atoms with Gasteiger partial charge < -0.3 is 28.5 Å². The van der Waals surface area contributed by atoms with Crippen LogP contribution in [0.4, 0.5) is 13.6 Å². The number of fused-ring (bicyclic) bond motifs is 1. The molecule has 3 aromatic carbocycles. The zero-order chi connectivity index (χ0) is 34.0. The van der Waals surface area contributed by atoms with E-state index in [9.17, 15) is 23.2 Å². The molecule has 1 aliphatic rings. The van der Waals surface area contributed by atoms with Crippen LogP contribution >= 0.6 is 0 Å². The van der Waals surface area contributed by atoms with E-state index in [0.29, 0.717) is 44.7 Å². The largest absolute Gasteiger partial charge is 0.491 e. The van der Waals surface area contributed by atoms with Gasteiger partial charge in [-0.1, -0.05) is 12.1 Å². The fourth-order valence-electron chi connectivity index (χ4n) is 5.43. The van der Waals surface area contributed by atoms with Crippen LogP contribution in [0.25, 0.3) is 11.1 Å². The van der Waals surface area contributed by atoms with Crippen LogP contribution in [0.5, 0.6) is 11.5 Å². The summed E-state index contributed by atoms with van der Waals surface area (Å²) >= 11 is 0. The quantitative estimate of drug-likeness (QED) is 0.254. The maximum Gasteiger partial charge on any atom is 0.437 e. The lowest BCUT2D eigenvalue weighted by molar-refractivity contribution is -0.139. The van der Waals surface area contributed by atoms with E-state index in [0.717, 1.165) is 0 Å². The van der Waals surface area contributed by atoms with E-state index in [1.54, 1.807) is 68.4 Å². The first-order chi connectivity index (χ1) is 22.2. The van der Waals surface area contributed by atoms with Gasteiger partial charge in [0, 0.05) is 25.0 Å². The van der Waals surface area contributed by atoms with Crippen LogP contribution in [0.1, 0.15) is 47.8 Å². The number of ether oxygens (including phenoxy) is 3. The van der Waals surface area contributed by atoms with Crippen molar-refractivity contribution < 1.29 is 42.5 Å². The summed E-state index contributed by atoms with van der Waals surface area (Å²) in [5.74, 6) is -3.06. The second-order valence-electron chi connectivity index (χ2n) is 12.4. The average molecular weight is 648 g/mol. The number of nitrogens with zero attached hydrogens (tertiary/aromatic N) is 3. The molecule has 246 valence electrons. The van der Waals surface area contributed by atoms with Gasteiger partial charge in [-0.25, -0.2) is 18.4 Å². The first-order valence-corrected chi connectivity index (χ1v) is 14.9. The number of hydrogen-bond acceptors (Lipinski definition) is 6. The van der Waals surface area contributed by atoms with E-state index in [1.165, 1.54) is 30.3 Å². The lowest BCUT2D eigenvalue weighted by atomic mass is 9.86. The monoisotopic (exact) mass is 647 g/mol. The molecule has 5 rings (SSSR count). The van der Waals surface area contributed by atoms with Crippen LogP contribution in [-0.2, 0) is 29.5 Å². The fourth-order valence-corrected chi connectivity index (χ4v) is 5.43. The molecular formula is C35H35F2N3O7. The smallest absolute Gasteiger partial charge is 0.437 e. The molecule has 1 N–H and O–H groups in total. The lowest BCUT2D eigenvalue weighted by Gasteiger charge is -2.27. The van der Waals surface area contributed by atoms with Crippen LogP contribution in [0.15, 0.2) is 65.9 Å². The van der Waals surface area contributed by atoms with E-state index in [-0.39, 0.29) is 31.1 Å². The molecule has 0 spiro atoms. The Hall–Kier alpha value is -5.26. The molecule has 2 heterocycles. The standard InChI is InChI=1S/C35H35F2N3O7/c1-20-12-24(36)7-8-25(20)26-14-22(17-40-11-10-39(5)33(40)38-34(44)47-35(2,3)4)15-27-31(43)23(18-46-32(26)27)13-21-6-9-28(37)29(16-21)45-19-30(41)42/h6-12,14-16,23H,13,17-19H2,1-5H3,(H,41,42)/t23-/m0/s1. The Morgan fingerprint density at radius 1 is 1.02 bits per heavy atom. The molecule has 1 aliphatic heterocycles. The minimum atomic E-state index is -1.25. The van der Waals surface area contributed by atoms with Crippen LogP contribution in [0.3, 0.4) is 0 Å². The second-order valence-corrected chi connectivity index (χ2v) is 12.4. The summed E-state index contributed by atoms with van der Waals surface area (Å²) in [6.07, 6.45) is 2.94. The van der Waals surface area contributed by atoms with Crippen molar-refractivity contribution >= 4 is 17.8 Å². The van der Waals surface area contributed by atoms with Gasteiger partial charge in [-0.3, -0.25) is 4.79 Å². The topological polar surface area (TPSA) is 121 Å². The van der Waals surface area contributed by atoms with E-state index in [4.69, 9.17) is 19.3 Å². The number of aromatic nitrogens is 2. The Morgan fingerprint density at radius 3 is 2.47 bits per heavy atom. The SMILES string of the molecule is Cc1cc(F)ccc1-c1cc(Cn2ccn(C)c2=NC(=O)OC(C)(C)C)cc2c1OC[C@H](Cc1ccc(F)c(OCC(=O)O)c1)C2=O. The Kier molecular flexibility index (Phi) is 9.32. The maximum atomic E-state index is 14.3. The van der Waals surface area contributed by atoms with E-state index in [2.05, 4.69) is 4.99 Å². The molecule has 1 amide bonds. The van der Waals surface area contributed by atoms with Crippen molar-refractivity contribution in [3.8, 4) is 22.6 Å². The molecule has 0 bridgehead atoms. The molecule has 0 saturated heterocycles. The second kappa shape index (κ2) is 13.2. The van der Waals surface area contributed by atoms with Crippen LogP contribution in [-0.4, -0.2) is 50.9 Å². The van der Waals surface area contributed by atoms with Gasteiger partial charge in [0.05, 0.1) is 24.6 Å². The summed E-state index contributed by atoms with van der Waals surface area (Å²) < 4.78 is 48.4. The highest BCUT2D eigenvalue weighted by atomic mass is 19.1. The number of Topliss-reactive ketones (excluding diaryl/α,β-unsaturated/α-hetero) is 1. The van der Waals surface area contributed by atoms with Gasteiger partial charge >= 0.3 is 12.1 Å². The predicted molar refractivity (Wildman–Crippen MR) is 167 cm³/mol. The first kappa shape index (κ1) is 33.1. The number of benzene rings is 3. The highest BCUT2D eigenvalue weighted by Crippen LogP contribution is 2.41. The predicted octanol–water partition coefficient (Wildman–Crippen LogP) is 5.86. The van der Waals surface area contributed by atoms with E-state index >= 15 is 0 Å². The van der Waals surface area contributed by atoms with Crippen molar-refractivity contribution in [2.75, 3.05) is 13.2 Å². The van der Waals surface area contributed by atoms with Crippen molar-refractivity contribution in [2.24, 2.45) is 18.0 Å². The third-order valence-corrected chi connectivity index (χ3v) is 7.50. The van der Waals surface area contributed by atoms with Gasteiger partial charge in [0.15, 0.2) is 24.0 Å². The lowest BCUT2D eigenvalue weighted by Crippen LogP contribution is -2.31. The fraction of sp³-hybridized carbons (Fsp3) is 0.314. The molecule has 4 aromatic rings. The molecular weight excluding hydrogens is 612 g/mol. The Balaban J connectivity index is 1.53. The van der Waals surface area contributed by atoms with E-state index < -0.39 is 41.8 Å². The Labute approximate surface area is 269 Å². The van der Waals surface area contributed by atoms with Crippen LogP contribution in [0, 0.1) is 24.5 Å². The molecule has 12 heteroatoms. The minimum absolute atomic E-state index is 0.0352. The minimum Gasteiger partial charge on any atom is -0.491 e. The number of carboxylic acids is 1. The van der Waals surface area contributed by atoms with Gasteiger partial charge in [0.1, 0.15) is 17.2 Å². The number of halogens is 2. The zero-order valence-electron chi connectivity index (χ0n) is 26.7. The highest BCUT2D eigenvalue weighted by molar-refractivity contribution is 6.04. The van der Waals surface area contributed by atoms with Gasteiger partial charge in [-0.2, -0.15) is 0 Å². The third-order valence-electron chi connectivity index (χ3n) is 7.50. The Morgan fingerprint density at radius 2 is 1.77 bits per heavy atom. The molecule has 1 atom stereocenters. The molecule has 0 fully saturated rings. The number of rotatable bonds is 8. The molecule has 0 saturated carbocycles. The number of aliphatic carboxylic acids is 1. The number of ketones is 1. The third kappa shape index (κ3) is 7.76. The number of carbonyl (C=O) groups excluding carboxylic acids is 2. The molecule has 47 heavy (non-hydrogen) atoms. The summed E-state index contributed by atoms with van der Waals surface area (Å²) in [7, 11) is 1.75. The van der Waals surface area contributed by atoms with Gasteiger partial charge in [0.25, 0.3) is 0 Å². The maximum absolute atomic E-state index is 14.3.